The summed E-state index contributed by atoms with van der Waals surface area (Å²) >= 11 is 3.38. The van der Waals surface area contributed by atoms with Crippen molar-refractivity contribution < 1.29 is 14.0 Å². The van der Waals surface area contributed by atoms with Crippen molar-refractivity contribution in [2.45, 2.75) is 32.4 Å². The van der Waals surface area contributed by atoms with Gasteiger partial charge in [0, 0.05) is 16.4 Å². The van der Waals surface area contributed by atoms with E-state index in [1.807, 2.05) is 19.1 Å². The summed E-state index contributed by atoms with van der Waals surface area (Å²) in [6, 6.07) is 16.0. The van der Waals surface area contributed by atoms with E-state index in [2.05, 4.69) is 26.2 Å². The molecule has 0 spiro atoms. The van der Waals surface area contributed by atoms with Crippen molar-refractivity contribution in [3.8, 4) is 0 Å². The molecule has 0 radical (unpaired) electrons. The summed E-state index contributed by atoms with van der Waals surface area (Å²) in [5.74, 6) is -0.0270. The predicted molar refractivity (Wildman–Crippen MR) is 114 cm³/mol. The molecule has 0 aliphatic heterocycles. The lowest BCUT2D eigenvalue weighted by molar-refractivity contribution is -0.126. The maximum atomic E-state index is 13.3. The molecule has 0 aliphatic rings. The van der Waals surface area contributed by atoms with Crippen LogP contribution in [0.5, 0.6) is 0 Å². The van der Waals surface area contributed by atoms with Gasteiger partial charge in [0.15, 0.2) is 0 Å². The molecule has 29 heavy (non-hydrogen) atoms. The van der Waals surface area contributed by atoms with Crippen LogP contribution in [-0.4, -0.2) is 27.2 Å². The number of carbonyl (C=O) groups excluding carboxylic acids is 2. The fraction of sp³-hybridized carbons (Fsp3) is 0.227. The van der Waals surface area contributed by atoms with Gasteiger partial charge in [-0.2, -0.15) is 0 Å². The molecule has 2 heterocycles. The molecule has 3 aromatic rings. The number of nitrogens with one attached hydrogen (secondary N) is 1. The molecule has 1 aromatic carbocycles. The van der Waals surface area contributed by atoms with Crippen LogP contribution in [0.3, 0.4) is 0 Å². The number of carbonyl (C=O) groups is 2. The smallest absolute Gasteiger partial charge is 0.273 e. The van der Waals surface area contributed by atoms with Crippen LogP contribution in [0.4, 0.5) is 5.69 Å². The molecular weight excluding hydrogens is 434 g/mol. The Balaban J connectivity index is 1.94. The van der Waals surface area contributed by atoms with E-state index in [9.17, 15) is 9.59 Å². The lowest BCUT2D eigenvalue weighted by Gasteiger charge is -2.39. The van der Waals surface area contributed by atoms with E-state index < -0.39 is 5.54 Å². The van der Waals surface area contributed by atoms with Crippen LogP contribution in [0.2, 0.25) is 0 Å². The lowest BCUT2D eigenvalue weighted by atomic mass is 9.93. The van der Waals surface area contributed by atoms with Crippen LogP contribution in [0, 0.1) is 0 Å². The van der Waals surface area contributed by atoms with E-state index in [0.717, 1.165) is 4.47 Å². The summed E-state index contributed by atoms with van der Waals surface area (Å²) in [4.78, 5) is 32.3. The Labute approximate surface area is 178 Å². The van der Waals surface area contributed by atoms with Gasteiger partial charge in [-0.3, -0.25) is 14.6 Å². The van der Waals surface area contributed by atoms with Gasteiger partial charge in [0.2, 0.25) is 5.91 Å². The highest BCUT2D eigenvalue weighted by Crippen LogP contribution is 2.27. The van der Waals surface area contributed by atoms with Gasteiger partial charge in [0.1, 0.15) is 17.0 Å². The number of rotatable bonds is 7. The van der Waals surface area contributed by atoms with Crippen LogP contribution in [0.1, 0.15) is 36.5 Å². The van der Waals surface area contributed by atoms with Crippen molar-refractivity contribution in [3.05, 3.63) is 83.0 Å². The van der Waals surface area contributed by atoms with Gasteiger partial charge < -0.3 is 14.6 Å². The van der Waals surface area contributed by atoms with Crippen molar-refractivity contribution in [3.63, 3.8) is 0 Å². The average Bonchev–Trinajstić information content (AvgIpc) is 3.26. The van der Waals surface area contributed by atoms with Crippen molar-refractivity contribution in [2.24, 2.45) is 0 Å². The SMILES string of the molecule is CC[C@@](C)(C(=O)Nc1ccc(Br)cc1)N(Cc1ccco1)C(=O)c1ccccn1. The molecule has 2 amide bonds. The number of halogens is 1. The van der Waals surface area contributed by atoms with E-state index in [1.165, 1.54) is 4.90 Å². The molecule has 1 N–H and O–H groups in total. The van der Waals surface area contributed by atoms with Crippen LogP contribution < -0.4 is 5.32 Å². The highest BCUT2D eigenvalue weighted by molar-refractivity contribution is 9.10. The normalized spacial score (nSPS) is 12.8. The third-order valence-corrected chi connectivity index (χ3v) is 5.43. The first-order valence-corrected chi connectivity index (χ1v) is 10.1. The molecule has 3 rings (SSSR count). The highest BCUT2D eigenvalue weighted by Gasteiger charge is 2.42. The molecule has 6 nitrogen and oxygen atoms in total. The third kappa shape index (κ3) is 4.74. The number of hydrogen-bond donors (Lipinski definition) is 1. The Morgan fingerprint density at radius 3 is 2.48 bits per heavy atom. The van der Waals surface area contributed by atoms with Crippen LogP contribution in [0.25, 0.3) is 0 Å². The second kappa shape index (κ2) is 9.05. The van der Waals surface area contributed by atoms with Gasteiger partial charge in [-0.15, -0.1) is 0 Å². The summed E-state index contributed by atoms with van der Waals surface area (Å²) in [6.45, 7) is 3.79. The minimum atomic E-state index is -1.12. The van der Waals surface area contributed by atoms with Gasteiger partial charge in [0.05, 0.1) is 12.8 Å². The van der Waals surface area contributed by atoms with E-state index in [1.54, 1.807) is 61.8 Å². The fourth-order valence-electron chi connectivity index (χ4n) is 2.93. The number of aromatic nitrogens is 1. The maximum Gasteiger partial charge on any atom is 0.273 e. The zero-order chi connectivity index (χ0) is 20.9. The Bertz CT molecular complexity index is 959. The van der Waals surface area contributed by atoms with E-state index in [4.69, 9.17) is 4.42 Å². The summed E-state index contributed by atoms with van der Waals surface area (Å²) in [6.07, 6.45) is 3.52. The number of pyridine rings is 1. The molecule has 150 valence electrons. The molecule has 7 heteroatoms. The minimum absolute atomic E-state index is 0.153. The van der Waals surface area contributed by atoms with Crippen LogP contribution in [0.15, 0.2) is 75.9 Å². The molecule has 0 saturated carbocycles. The van der Waals surface area contributed by atoms with Gasteiger partial charge in [-0.05, 0) is 61.9 Å². The molecule has 0 aliphatic carbocycles. The lowest BCUT2D eigenvalue weighted by Crippen LogP contribution is -2.56. The van der Waals surface area contributed by atoms with Gasteiger partial charge in [-0.1, -0.05) is 28.9 Å². The third-order valence-electron chi connectivity index (χ3n) is 4.90. The molecule has 1 atom stereocenters. The molecule has 0 unspecified atom stereocenters. The van der Waals surface area contributed by atoms with Crippen LogP contribution in [-0.2, 0) is 11.3 Å². The maximum absolute atomic E-state index is 13.3. The van der Waals surface area contributed by atoms with E-state index in [0.29, 0.717) is 17.9 Å². The van der Waals surface area contributed by atoms with Crippen molar-refractivity contribution >= 4 is 33.4 Å². The molecule has 0 fully saturated rings. The van der Waals surface area contributed by atoms with Crippen molar-refractivity contribution in [1.82, 2.24) is 9.88 Å². The monoisotopic (exact) mass is 455 g/mol. The Hall–Kier alpha value is -2.93. The average molecular weight is 456 g/mol. The number of furan rings is 1. The molecule has 2 aromatic heterocycles. The first-order chi connectivity index (χ1) is 13.9. The minimum Gasteiger partial charge on any atom is -0.467 e. The highest BCUT2D eigenvalue weighted by atomic mass is 79.9. The second-order valence-corrected chi connectivity index (χ2v) is 7.69. The molecule has 0 saturated heterocycles. The summed E-state index contributed by atoms with van der Waals surface area (Å²) in [5, 5.41) is 2.92. The van der Waals surface area contributed by atoms with Crippen molar-refractivity contribution in [2.75, 3.05) is 5.32 Å². The fourth-order valence-corrected chi connectivity index (χ4v) is 3.19. The summed E-state index contributed by atoms with van der Waals surface area (Å²) in [5.41, 5.74) is -0.189. The Kier molecular flexibility index (Phi) is 6.49. The number of amides is 2. The van der Waals surface area contributed by atoms with E-state index >= 15 is 0 Å². The Morgan fingerprint density at radius 1 is 1.14 bits per heavy atom. The first kappa shape index (κ1) is 20.8. The first-order valence-electron chi connectivity index (χ1n) is 9.26. The summed E-state index contributed by atoms with van der Waals surface area (Å²) < 4.78 is 6.36. The second-order valence-electron chi connectivity index (χ2n) is 6.77. The van der Waals surface area contributed by atoms with Gasteiger partial charge in [0.25, 0.3) is 5.91 Å². The number of nitrogens with zero attached hydrogens (tertiary/aromatic N) is 2. The number of hydrogen-bond acceptors (Lipinski definition) is 4. The van der Waals surface area contributed by atoms with Gasteiger partial charge >= 0.3 is 0 Å². The molecular formula is C22H22BrN3O3. The van der Waals surface area contributed by atoms with Gasteiger partial charge in [-0.25, -0.2) is 0 Å². The molecule has 0 bridgehead atoms. The zero-order valence-electron chi connectivity index (χ0n) is 16.3. The zero-order valence-corrected chi connectivity index (χ0v) is 17.8. The predicted octanol–water partition coefficient (Wildman–Crippen LogP) is 4.89. The quantitative estimate of drug-likeness (QED) is 0.550. The Morgan fingerprint density at radius 2 is 1.90 bits per heavy atom. The largest absolute Gasteiger partial charge is 0.467 e. The standard InChI is InChI=1S/C22H22BrN3O3/c1-3-22(2,21(28)25-17-11-9-16(23)10-12-17)26(15-18-7-6-14-29-18)20(27)19-8-4-5-13-24-19/h4-14H,3,15H2,1-2H3,(H,25,28)/t22-/m0/s1. The topological polar surface area (TPSA) is 75.4 Å². The number of anilines is 1. The summed E-state index contributed by atoms with van der Waals surface area (Å²) in [7, 11) is 0. The van der Waals surface area contributed by atoms with Crippen LogP contribution >= 0.6 is 15.9 Å². The van der Waals surface area contributed by atoms with E-state index in [-0.39, 0.29) is 24.1 Å². The van der Waals surface area contributed by atoms with Crippen molar-refractivity contribution in [1.29, 1.82) is 0 Å². The number of benzene rings is 1.